The lowest BCUT2D eigenvalue weighted by molar-refractivity contribution is -0.129. The molecule has 0 spiro atoms. The number of carbonyl (C=O) groups is 1. The number of aryl methyl sites for hydroxylation is 2. The van der Waals surface area contributed by atoms with Gasteiger partial charge < -0.3 is 11.1 Å². The van der Waals surface area contributed by atoms with Gasteiger partial charge in [0.05, 0.1) is 0 Å². The molecule has 0 heterocycles. The van der Waals surface area contributed by atoms with Crippen LogP contribution in [0.5, 0.6) is 0 Å². The van der Waals surface area contributed by atoms with Crippen LogP contribution in [-0.2, 0) is 11.2 Å². The molecule has 0 unspecified atom stereocenters. The van der Waals surface area contributed by atoms with Crippen LogP contribution in [0.1, 0.15) is 37.0 Å². The average Bonchev–Trinajstić information content (AvgIpc) is 2.31. The van der Waals surface area contributed by atoms with Gasteiger partial charge in [-0.1, -0.05) is 37.6 Å². The van der Waals surface area contributed by atoms with E-state index in [2.05, 4.69) is 37.4 Å². The number of benzene rings is 1. The molecule has 1 aromatic rings. The van der Waals surface area contributed by atoms with Crippen LogP contribution in [0.3, 0.4) is 0 Å². The summed E-state index contributed by atoms with van der Waals surface area (Å²) in [5.41, 5.74) is 9.00. The molecule has 106 valence electrons. The van der Waals surface area contributed by atoms with Crippen molar-refractivity contribution in [3.05, 3.63) is 34.9 Å². The Morgan fingerprint density at radius 2 is 2.00 bits per heavy atom. The summed E-state index contributed by atoms with van der Waals surface area (Å²) in [5.74, 6) is 0.0858. The zero-order valence-corrected chi connectivity index (χ0v) is 12.5. The molecule has 3 N–H and O–H groups in total. The Morgan fingerprint density at radius 1 is 1.32 bits per heavy atom. The van der Waals surface area contributed by atoms with Crippen molar-refractivity contribution in [1.29, 1.82) is 0 Å². The number of hydrogen-bond donors (Lipinski definition) is 2. The number of rotatable bonds is 6. The maximum atomic E-state index is 12.0. The van der Waals surface area contributed by atoms with Crippen LogP contribution < -0.4 is 11.1 Å². The maximum absolute atomic E-state index is 12.0. The molecule has 0 radical (unpaired) electrons. The minimum atomic E-state index is -0.378. The van der Waals surface area contributed by atoms with Gasteiger partial charge in [0.15, 0.2) is 0 Å². The second-order valence-corrected chi connectivity index (χ2v) is 5.86. The molecule has 1 amide bonds. The fourth-order valence-corrected chi connectivity index (χ4v) is 2.15. The van der Waals surface area contributed by atoms with E-state index in [1.54, 1.807) is 0 Å². The zero-order valence-electron chi connectivity index (χ0n) is 12.5. The van der Waals surface area contributed by atoms with E-state index in [4.69, 9.17) is 5.73 Å². The fourth-order valence-electron chi connectivity index (χ4n) is 2.15. The van der Waals surface area contributed by atoms with E-state index in [0.717, 1.165) is 6.42 Å². The predicted molar refractivity (Wildman–Crippen MR) is 80.1 cm³/mol. The molecule has 0 saturated heterocycles. The summed E-state index contributed by atoms with van der Waals surface area (Å²) in [6.07, 6.45) is 1.58. The van der Waals surface area contributed by atoms with E-state index in [9.17, 15) is 4.79 Å². The third kappa shape index (κ3) is 4.67. The van der Waals surface area contributed by atoms with Gasteiger partial charge in [-0.2, -0.15) is 0 Å². The SMILES string of the molecule is Cc1ccc(CCNC(=O)C(C)(C)CCN)c(C)c1. The van der Waals surface area contributed by atoms with Crippen molar-refractivity contribution in [2.75, 3.05) is 13.1 Å². The summed E-state index contributed by atoms with van der Waals surface area (Å²) in [7, 11) is 0. The third-order valence-corrected chi connectivity index (χ3v) is 3.56. The summed E-state index contributed by atoms with van der Waals surface area (Å²) in [5, 5.41) is 3.00. The summed E-state index contributed by atoms with van der Waals surface area (Å²) in [6, 6.07) is 6.43. The minimum absolute atomic E-state index is 0.0858. The highest BCUT2D eigenvalue weighted by Gasteiger charge is 2.25. The first-order valence-corrected chi connectivity index (χ1v) is 6.91. The minimum Gasteiger partial charge on any atom is -0.355 e. The monoisotopic (exact) mass is 262 g/mol. The van der Waals surface area contributed by atoms with Crippen LogP contribution in [0.2, 0.25) is 0 Å². The molecule has 0 atom stereocenters. The second kappa shape index (κ2) is 6.71. The van der Waals surface area contributed by atoms with Crippen molar-refractivity contribution in [1.82, 2.24) is 5.32 Å². The van der Waals surface area contributed by atoms with Crippen molar-refractivity contribution >= 4 is 5.91 Å². The van der Waals surface area contributed by atoms with Crippen LogP contribution in [0.4, 0.5) is 0 Å². The molecule has 3 nitrogen and oxygen atoms in total. The first-order chi connectivity index (χ1) is 8.86. The quantitative estimate of drug-likeness (QED) is 0.826. The molecular weight excluding hydrogens is 236 g/mol. The molecule has 0 aromatic heterocycles. The van der Waals surface area contributed by atoms with E-state index in [1.807, 2.05) is 13.8 Å². The molecule has 0 saturated carbocycles. The zero-order chi connectivity index (χ0) is 14.5. The van der Waals surface area contributed by atoms with Gasteiger partial charge in [-0.3, -0.25) is 4.79 Å². The van der Waals surface area contributed by atoms with Gasteiger partial charge in [-0.15, -0.1) is 0 Å². The van der Waals surface area contributed by atoms with Crippen LogP contribution in [0, 0.1) is 19.3 Å². The molecule has 0 aliphatic rings. The van der Waals surface area contributed by atoms with Gasteiger partial charge in [0.2, 0.25) is 5.91 Å². The van der Waals surface area contributed by atoms with Gasteiger partial charge in [-0.25, -0.2) is 0 Å². The lowest BCUT2D eigenvalue weighted by atomic mass is 9.88. The van der Waals surface area contributed by atoms with Crippen molar-refractivity contribution in [3.63, 3.8) is 0 Å². The Morgan fingerprint density at radius 3 is 2.58 bits per heavy atom. The van der Waals surface area contributed by atoms with E-state index in [1.165, 1.54) is 16.7 Å². The van der Waals surface area contributed by atoms with Crippen molar-refractivity contribution < 1.29 is 4.79 Å². The number of nitrogens with two attached hydrogens (primary N) is 1. The van der Waals surface area contributed by atoms with Gasteiger partial charge in [0.1, 0.15) is 0 Å². The summed E-state index contributed by atoms with van der Waals surface area (Å²) < 4.78 is 0. The first kappa shape index (κ1) is 15.7. The van der Waals surface area contributed by atoms with E-state index >= 15 is 0 Å². The molecule has 0 fully saturated rings. The van der Waals surface area contributed by atoms with Crippen LogP contribution in [-0.4, -0.2) is 19.0 Å². The largest absolute Gasteiger partial charge is 0.355 e. The molecule has 19 heavy (non-hydrogen) atoms. The van der Waals surface area contributed by atoms with Gasteiger partial charge in [0.25, 0.3) is 0 Å². The van der Waals surface area contributed by atoms with Crippen molar-refractivity contribution in [2.24, 2.45) is 11.1 Å². The Labute approximate surface area is 116 Å². The van der Waals surface area contributed by atoms with E-state index in [0.29, 0.717) is 19.5 Å². The standard InChI is InChI=1S/C16H26N2O/c1-12-5-6-14(13(2)11-12)7-10-18-15(19)16(3,4)8-9-17/h5-6,11H,7-10,17H2,1-4H3,(H,18,19). The Bertz CT molecular complexity index is 438. The van der Waals surface area contributed by atoms with E-state index in [-0.39, 0.29) is 11.3 Å². The van der Waals surface area contributed by atoms with Gasteiger partial charge in [-0.05, 0) is 44.4 Å². The normalized spacial score (nSPS) is 11.4. The Kier molecular flexibility index (Phi) is 5.55. The highest BCUT2D eigenvalue weighted by molar-refractivity contribution is 5.81. The van der Waals surface area contributed by atoms with Crippen LogP contribution in [0.25, 0.3) is 0 Å². The molecule has 0 aliphatic carbocycles. The smallest absolute Gasteiger partial charge is 0.225 e. The lowest BCUT2D eigenvalue weighted by Gasteiger charge is -2.22. The highest BCUT2D eigenvalue weighted by atomic mass is 16.2. The maximum Gasteiger partial charge on any atom is 0.225 e. The number of carbonyl (C=O) groups excluding carboxylic acids is 1. The predicted octanol–water partition coefficient (Wildman–Crippen LogP) is 2.34. The average molecular weight is 262 g/mol. The van der Waals surface area contributed by atoms with Gasteiger partial charge in [0, 0.05) is 12.0 Å². The Hall–Kier alpha value is -1.35. The van der Waals surface area contributed by atoms with E-state index < -0.39 is 0 Å². The fraction of sp³-hybridized carbons (Fsp3) is 0.562. The number of hydrogen-bond acceptors (Lipinski definition) is 2. The van der Waals surface area contributed by atoms with Crippen LogP contribution in [0.15, 0.2) is 18.2 Å². The lowest BCUT2D eigenvalue weighted by Crippen LogP contribution is -2.39. The second-order valence-electron chi connectivity index (χ2n) is 5.86. The van der Waals surface area contributed by atoms with Crippen molar-refractivity contribution in [2.45, 2.75) is 40.5 Å². The third-order valence-electron chi connectivity index (χ3n) is 3.56. The molecule has 1 rings (SSSR count). The molecule has 1 aromatic carbocycles. The molecule has 0 aliphatic heterocycles. The number of amides is 1. The molecule has 0 bridgehead atoms. The highest BCUT2D eigenvalue weighted by Crippen LogP contribution is 2.19. The number of nitrogens with one attached hydrogen (secondary N) is 1. The summed E-state index contributed by atoms with van der Waals surface area (Å²) in [4.78, 5) is 12.0. The molecule has 3 heteroatoms. The summed E-state index contributed by atoms with van der Waals surface area (Å²) in [6.45, 7) is 9.29. The van der Waals surface area contributed by atoms with Gasteiger partial charge >= 0.3 is 0 Å². The van der Waals surface area contributed by atoms with Crippen molar-refractivity contribution in [3.8, 4) is 0 Å². The topological polar surface area (TPSA) is 55.1 Å². The first-order valence-electron chi connectivity index (χ1n) is 6.91. The molecular formula is C16H26N2O. The Balaban J connectivity index is 2.48. The summed E-state index contributed by atoms with van der Waals surface area (Å²) >= 11 is 0. The van der Waals surface area contributed by atoms with Crippen LogP contribution >= 0.6 is 0 Å².